The van der Waals surface area contributed by atoms with Gasteiger partial charge in [0.1, 0.15) is 24.1 Å². The molecule has 1 aliphatic heterocycles. The van der Waals surface area contributed by atoms with Gasteiger partial charge in [-0.15, -0.1) is 0 Å². The Balaban J connectivity index is 1.63. The molecular weight excluding hydrogens is 360 g/mol. The zero-order chi connectivity index (χ0) is 19.9. The number of hydrogen-bond donors (Lipinski definition) is 1. The first-order valence-electron chi connectivity index (χ1n) is 9.12. The van der Waals surface area contributed by atoms with Gasteiger partial charge in [0.2, 0.25) is 5.91 Å². The Morgan fingerprint density at radius 1 is 1.07 bits per heavy atom. The summed E-state index contributed by atoms with van der Waals surface area (Å²) in [6, 6.07) is 14.0. The van der Waals surface area contributed by atoms with Crippen molar-refractivity contribution in [1.82, 2.24) is 4.90 Å². The lowest BCUT2D eigenvalue weighted by molar-refractivity contribution is -0.120. The Labute approximate surface area is 164 Å². The molecule has 2 aromatic carbocycles. The van der Waals surface area contributed by atoms with E-state index >= 15 is 0 Å². The van der Waals surface area contributed by atoms with Gasteiger partial charge in [-0.2, -0.15) is 0 Å². The van der Waals surface area contributed by atoms with E-state index in [2.05, 4.69) is 5.32 Å². The van der Waals surface area contributed by atoms with E-state index in [1.165, 1.54) is 4.90 Å². The molecule has 0 unspecified atom stereocenters. The second kappa shape index (κ2) is 9.12. The summed E-state index contributed by atoms with van der Waals surface area (Å²) in [6.07, 6.45) is 0.859. The fraction of sp³-hybridized carbons (Fsp3) is 0.333. The first-order chi connectivity index (χ1) is 13.6. The van der Waals surface area contributed by atoms with Crippen LogP contribution in [0.1, 0.15) is 18.4 Å². The summed E-state index contributed by atoms with van der Waals surface area (Å²) in [4.78, 5) is 26.7. The lowest BCUT2D eigenvalue weighted by Gasteiger charge is -2.23. The Hall–Kier alpha value is -3.22. The molecule has 1 fully saturated rings. The summed E-state index contributed by atoms with van der Waals surface area (Å²) in [7, 11) is 3.09. The number of methoxy groups -OCH3 is 2. The van der Waals surface area contributed by atoms with Gasteiger partial charge in [-0.05, 0) is 18.4 Å². The van der Waals surface area contributed by atoms with Crippen LogP contribution < -0.4 is 14.8 Å². The normalized spacial score (nSPS) is 15.8. The van der Waals surface area contributed by atoms with Gasteiger partial charge in [-0.25, -0.2) is 4.79 Å². The zero-order valence-electron chi connectivity index (χ0n) is 16.0. The predicted octanol–water partition coefficient (Wildman–Crippen LogP) is 3.44. The third-order valence-electron chi connectivity index (χ3n) is 4.61. The van der Waals surface area contributed by atoms with Gasteiger partial charge in [0.05, 0.1) is 14.2 Å². The molecular formula is C21H24N2O5. The molecule has 0 bridgehead atoms. The fourth-order valence-electron chi connectivity index (χ4n) is 3.17. The number of nitrogens with one attached hydrogen (secondary N) is 1. The van der Waals surface area contributed by atoms with Crippen LogP contribution in [0.3, 0.4) is 0 Å². The topological polar surface area (TPSA) is 77.1 Å². The van der Waals surface area contributed by atoms with Crippen LogP contribution >= 0.6 is 0 Å². The number of rotatable bonds is 6. The van der Waals surface area contributed by atoms with Crippen LogP contribution in [0.4, 0.5) is 10.5 Å². The molecule has 2 aromatic rings. The van der Waals surface area contributed by atoms with Crippen LogP contribution in [0.25, 0.3) is 0 Å². The quantitative estimate of drug-likeness (QED) is 0.826. The summed E-state index contributed by atoms with van der Waals surface area (Å²) < 4.78 is 15.8. The summed E-state index contributed by atoms with van der Waals surface area (Å²) in [5.74, 6) is 0.880. The van der Waals surface area contributed by atoms with E-state index in [1.807, 2.05) is 30.3 Å². The van der Waals surface area contributed by atoms with Crippen molar-refractivity contribution in [3.05, 3.63) is 54.1 Å². The number of carbonyl (C=O) groups is 2. The molecule has 7 heteroatoms. The standard InChI is InChI=1S/C21H24N2O5/c1-26-17-11-16(12-18(13-17)27-2)22-20(24)19-9-6-10-23(19)21(25)28-14-15-7-4-3-5-8-15/h3-5,7-8,11-13,19H,6,9-10,14H2,1-2H3,(H,22,24)/t19-/m0/s1. The zero-order valence-corrected chi connectivity index (χ0v) is 16.0. The maximum Gasteiger partial charge on any atom is 0.410 e. The molecule has 1 saturated heterocycles. The highest BCUT2D eigenvalue weighted by atomic mass is 16.6. The molecule has 1 heterocycles. The highest BCUT2D eigenvalue weighted by molar-refractivity contribution is 5.97. The number of amides is 2. The molecule has 7 nitrogen and oxygen atoms in total. The van der Waals surface area contributed by atoms with Gasteiger partial charge in [0.15, 0.2) is 0 Å². The number of anilines is 1. The van der Waals surface area contributed by atoms with Gasteiger partial charge < -0.3 is 19.5 Å². The Kier molecular flexibility index (Phi) is 6.37. The van der Waals surface area contributed by atoms with Crippen LogP contribution in [-0.4, -0.2) is 43.7 Å². The number of likely N-dealkylation sites (tertiary alicyclic amines) is 1. The number of hydrogen-bond acceptors (Lipinski definition) is 5. The molecule has 0 aromatic heterocycles. The van der Waals surface area contributed by atoms with Crippen LogP contribution in [0.5, 0.6) is 11.5 Å². The molecule has 0 aliphatic carbocycles. The smallest absolute Gasteiger partial charge is 0.410 e. The summed E-state index contributed by atoms with van der Waals surface area (Å²) in [6.45, 7) is 0.671. The lowest BCUT2D eigenvalue weighted by atomic mass is 10.2. The Morgan fingerprint density at radius 3 is 2.39 bits per heavy atom. The number of nitrogens with zero attached hydrogens (tertiary/aromatic N) is 1. The third kappa shape index (κ3) is 4.73. The van der Waals surface area contributed by atoms with Gasteiger partial charge >= 0.3 is 6.09 Å². The minimum atomic E-state index is -0.569. The van der Waals surface area contributed by atoms with Crippen LogP contribution in [0, 0.1) is 0 Å². The molecule has 148 valence electrons. The van der Waals surface area contributed by atoms with Crippen molar-refractivity contribution in [3.8, 4) is 11.5 Å². The summed E-state index contributed by atoms with van der Waals surface area (Å²) in [5, 5.41) is 2.84. The minimum absolute atomic E-state index is 0.178. The monoisotopic (exact) mass is 384 g/mol. The van der Waals surface area contributed by atoms with Gasteiger partial charge in [-0.1, -0.05) is 30.3 Å². The molecule has 1 aliphatic rings. The highest BCUT2D eigenvalue weighted by Gasteiger charge is 2.35. The maximum absolute atomic E-state index is 12.8. The van der Waals surface area contributed by atoms with E-state index in [4.69, 9.17) is 14.2 Å². The van der Waals surface area contributed by atoms with Gasteiger partial charge in [-0.3, -0.25) is 9.69 Å². The summed E-state index contributed by atoms with van der Waals surface area (Å²) >= 11 is 0. The van der Waals surface area contributed by atoms with Crippen molar-refractivity contribution in [3.63, 3.8) is 0 Å². The third-order valence-corrected chi connectivity index (χ3v) is 4.61. The van der Waals surface area contributed by atoms with E-state index in [9.17, 15) is 9.59 Å². The van der Waals surface area contributed by atoms with Crippen molar-refractivity contribution >= 4 is 17.7 Å². The van der Waals surface area contributed by atoms with Crippen molar-refractivity contribution < 1.29 is 23.8 Å². The second-order valence-electron chi connectivity index (χ2n) is 6.48. The minimum Gasteiger partial charge on any atom is -0.497 e. The first-order valence-corrected chi connectivity index (χ1v) is 9.12. The predicted molar refractivity (Wildman–Crippen MR) is 105 cm³/mol. The van der Waals surface area contributed by atoms with Crippen LogP contribution in [0.2, 0.25) is 0 Å². The van der Waals surface area contributed by atoms with E-state index in [1.54, 1.807) is 32.4 Å². The lowest BCUT2D eigenvalue weighted by Crippen LogP contribution is -2.43. The molecule has 1 atom stereocenters. The number of ether oxygens (including phenoxy) is 3. The molecule has 1 N–H and O–H groups in total. The van der Waals surface area contributed by atoms with Crippen molar-refractivity contribution in [2.45, 2.75) is 25.5 Å². The maximum atomic E-state index is 12.8. The molecule has 0 radical (unpaired) electrons. The fourth-order valence-corrected chi connectivity index (χ4v) is 3.17. The molecule has 3 rings (SSSR count). The van der Waals surface area contributed by atoms with Crippen molar-refractivity contribution in [1.29, 1.82) is 0 Å². The number of benzene rings is 2. The van der Waals surface area contributed by atoms with Gasteiger partial charge in [0.25, 0.3) is 0 Å². The van der Waals surface area contributed by atoms with Gasteiger partial charge in [0, 0.05) is 30.4 Å². The Bertz CT molecular complexity index is 803. The Morgan fingerprint density at radius 2 is 1.75 bits per heavy atom. The van der Waals surface area contributed by atoms with E-state index in [0.29, 0.717) is 30.2 Å². The number of carbonyl (C=O) groups excluding carboxylic acids is 2. The molecule has 0 saturated carbocycles. The van der Waals surface area contributed by atoms with E-state index in [0.717, 1.165) is 12.0 Å². The molecule has 0 spiro atoms. The first kappa shape index (κ1) is 19.5. The van der Waals surface area contributed by atoms with E-state index < -0.39 is 12.1 Å². The SMILES string of the molecule is COc1cc(NC(=O)[C@@H]2CCCN2C(=O)OCc2ccccc2)cc(OC)c1. The largest absolute Gasteiger partial charge is 0.497 e. The second-order valence-corrected chi connectivity index (χ2v) is 6.48. The van der Waals surface area contributed by atoms with Crippen molar-refractivity contribution in [2.24, 2.45) is 0 Å². The van der Waals surface area contributed by atoms with Crippen LogP contribution in [0.15, 0.2) is 48.5 Å². The van der Waals surface area contributed by atoms with Crippen molar-refractivity contribution in [2.75, 3.05) is 26.1 Å². The average molecular weight is 384 g/mol. The molecule has 28 heavy (non-hydrogen) atoms. The van der Waals surface area contributed by atoms with E-state index in [-0.39, 0.29) is 12.5 Å². The average Bonchev–Trinajstić information content (AvgIpc) is 3.22. The summed E-state index contributed by atoms with van der Waals surface area (Å²) in [5.41, 5.74) is 1.45. The molecule has 2 amide bonds. The van der Waals surface area contributed by atoms with Crippen LogP contribution in [-0.2, 0) is 16.1 Å². The highest BCUT2D eigenvalue weighted by Crippen LogP contribution is 2.27.